The predicted molar refractivity (Wildman–Crippen MR) is 59.6 cm³/mol. The summed E-state index contributed by atoms with van der Waals surface area (Å²) in [5.74, 6) is 0. The number of likely N-dealkylation sites (N-methyl/N-ethyl adjacent to an activating group) is 1. The van der Waals surface area contributed by atoms with Gasteiger partial charge >= 0.3 is 0 Å². The number of ether oxygens (including phenoxy) is 1. The standard InChI is InChI=1S/C11H24N2O/c1-3-7-13(8-6-12-2)10-11-5-4-9-14-11/h11-12H,3-10H2,1-2H3. The molecule has 3 nitrogen and oxygen atoms in total. The number of hydrogen-bond acceptors (Lipinski definition) is 3. The van der Waals surface area contributed by atoms with Gasteiger partial charge in [-0.05, 0) is 32.9 Å². The maximum absolute atomic E-state index is 5.65. The van der Waals surface area contributed by atoms with Crippen molar-refractivity contribution in [3.8, 4) is 0 Å². The van der Waals surface area contributed by atoms with E-state index in [1.165, 1.54) is 25.8 Å². The summed E-state index contributed by atoms with van der Waals surface area (Å²) in [5, 5.41) is 3.20. The normalized spacial score (nSPS) is 22.1. The Morgan fingerprint density at radius 3 is 2.86 bits per heavy atom. The average Bonchev–Trinajstić information content (AvgIpc) is 2.67. The second-order valence-electron chi connectivity index (χ2n) is 4.04. The Labute approximate surface area is 87.8 Å². The highest BCUT2D eigenvalue weighted by Crippen LogP contribution is 2.13. The van der Waals surface area contributed by atoms with Crippen molar-refractivity contribution in [1.29, 1.82) is 0 Å². The molecule has 0 spiro atoms. The van der Waals surface area contributed by atoms with Crippen LogP contribution < -0.4 is 5.32 Å². The largest absolute Gasteiger partial charge is 0.377 e. The Balaban J connectivity index is 2.18. The fourth-order valence-corrected chi connectivity index (χ4v) is 1.96. The Morgan fingerprint density at radius 2 is 2.29 bits per heavy atom. The van der Waals surface area contributed by atoms with Gasteiger partial charge in [-0.25, -0.2) is 0 Å². The van der Waals surface area contributed by atoms with Crippen LogP contribution in [0.4, 0.5) is 0 Å². The van der Waals surface area contributed by atoms with Crippen LogP contribution in [0.3, 0.4) is 0 Å². The van der Waals surface area contributed by atoms with Gasteiger partial charge in [0.05, 0.1) is 6.10 Å². The Morgan fingerprint density at radius 1 is 1.43 bits per heavy atom. The van der Waals surface area contributed by atoms with E-state index in [9.17, 15) is 0 Å². The van der Waals surface area contributed by atoms with Crippen molar-refractivity contribution >= 4 is 0 Å². The fourth-order valence-electron chi connectivity index (χ4n) is 1.96. The SMILES string of the molecule is CCCN(CCNC)CC1CCCO1. The van der Waals surface area contributed by atoms with Crippen LogP contribution in [-0.4, -0.2) is 50.8 Å². The van der Waals surface area contributed by atoms with Crippen LogP contribution in [0.15, 0.2) is 0 Å². The first-order chi connectivity index (χ1) is 6.86. The Kier molecular flexibility index (Phi) is 6.15. The fraction of sp³-hybridized carbons (Fsp3) is 1.00. The van der Waals surface area contributed by atoms with E-state index in [-0.39, 0.29) is 0 Å². The summed E-state index contributed by atoms with van der Waals surface area (Å²) in [6, 6.07) is 0. The second kappa shape index (κ2) is 7.21. The zero-order valence-corrected chi connectivity index (χ0v) is 9.59. The molecular weight excluding hydrogens is 176 g/mol. The predicted octanol–water partition coefficient (Wildman–Crippen LogP) is 1.10. The van der Waals surface area contributed by atoms with Crippen molar-refractivity contribution in [2.45, 2.75) is 32.3 Å². The van der Waals surface area contributed by atoms with E-state index in [4.69, 9.17) is 4.74 Å². The summed E-state index contributed by atoms with van der Waals surface area (Å²) in [7, 11) is 2.01. The molecule has 0 radical (unpaired) electrons. The lowest BCUT2D eigenvalue weighted by Gasteiger charge is -2.24. The van der Waals surface area contributed by atoms with Gasteiger partial charge in [0.2, 0.25) is 0 Å². The zero-order chi connectivity index (χ0) is 10.2. The third-order valence-electron chi connectivity index (χ3n) is 2.70. The van der Waals surface area contributed by atoms with Crippen LogP contribution in [0, 0.1) is 0 Å². The highest BCUT2D eigenvalue weighted by atomic mass is 16.5. The molecule has 0 amide bonds. The van der Waals surface area contributed by atoms with Gasteiger partial charge in [-0.1, -0.05) is 6.92 Å². The average molecular weight is 200 g/mol. The minimum absolute atomic E-state index is 0.499. The van der Waals surface area contributed by atoms with E-state index in [1.807, 2.05) is 7.05 Å². The monoisotopic (exact) mass is 200 g/mol. The maximum Gasteiger partial charge on any atom is 0.0702 e. The van der Waals surface area contributed by atoms with Crippen LogP contribution in [-0.2, 0) is 4.74 Å². The molecule has 1 unspecified atom stereocenters. The van der Waals surface area contributed by atoms with Crippen LogP contribution in [0.2, 0.25) is 0 Å². The third-order valence-corrected chi connectivity index (χ3v) is 2.70. The zero-order valence-electron chi connectivity index (χ0n) is 9.59. The number of hydrogen-bond donors (Lipinski definition) is 1. The summed E-state index contributed by atoms with van der Waals surface area (Å²) in [6.45, 7) is 7.74. The van der Waals surface area contributed by atoms with Crippen LogP contribution in [0.5, 0.6) is 0 Å². The highest BCUT2D eigenvalue weighted by molar-refractivity contribution is 4.70. The van der Waals surface area contributed by atoms with E-state index in [1.54, 1.807) is 0 Å². The maximum atomic E-state index is 5.65. The Hall–Kier alpha value is -0.120. The minimum Gasteiger partial charge on any atom is -0.377 e. The number of rotatable bonds is 7. The molecular formula is C11H24N2O. The van der Waals surface area contributed by atoms with Crippen molar-refractivity contribution in [2.24, 2.45) is 0 Å². The van der Waals surface area contributed by atoms with Crippen molar-refractivity contribution in [2.75, 3.05) is 39.8 Å². The second-order valence-corrected chi connectivity index (χ2v) is 4.04. The molecule has 0 aliphatic carbocycles. The molecule has 0 saturated carbocycles. The molecule has 0 aromatic rings. The lowest BCUT2D eigenvalue weighted by atomic mass is 10.2. The Bertz CT molecular complexity index is 135. The summed E-state index contributed by atoms with van der Waals surface area (Å²) < 4.78 is 5.65. The third kappa shape index (κ3) is 4.40. The molecule has 0 bridgehead atoms. The van der Waals surface area contributed by atoms with Crippen molar-refractivity contribution in [3.05, 3.63) is 0 Å². The minimum atomic E-state index is 0.499. The molecule has 0 aromatic carbocycles. The number of nitrogens with one attached hydrogen (secondary N) is 1. The van der Waals surface area contributed by atoms with Crippen molar-refractivity contribution in [3.63, 3.8) is 0 Å². The highest BCUT2D eigenvalue weighted by Gasteiger charge is 2.18. The van der Waals surface area contributed by atoms with Crippen molar-refractivity contribution in [1.82, 2.24) is 10.2 Å². The van der Waals surface area contributed by atoms with E-state index in [0.717, 1.165) is 26.2 Å². The summed E-state index contributed by atoms with van der Waals surface area (Å²) in [4.78, 5) is 2.51. The lowest BCUT2D eigenvalue weighted by molar-refractivity contribution is 0.0735. The van der Waals surface area contributed by atoms with E-state index >= 15 is 0 Å². The van der Waals surface area contributed by atoms with Crippen LogP contribution in [0.25, 0.3) is 0 Å². The smallest absolute Gasteiger partial charge is 0.0702 e. The molecule has 1 rings (SSSR count). The molecule has 1 aliphatic heterocycles. The topological polar surface area (TPSA) is 24.5 Å². The molecule has 14 heavy (non-hydrogen) atoms. The van der Waals surface area contributed by atoms with Gasteiger partial charge in [0.25, 0.3) is 0 Å². The van der Waals surface area contributed by atoms with Gasteiger partial charge in [-0.3, -0.25) is 4.90 Å². The lowest BCUT2D eigenvalue weighted by Crippen LogP contribution is -2.37. The first-order valence-electron chi connectivity index (χ1n) is 5.85. The van der Waals surface area contributed by atoms with Gasteiger partial charge in [0.1, 0.15) is 0 Å². The molecule has 84 valence electrons. The molecule has 1 atom stereocenters. The summed E-state index contributed by atoms with van der Waals surface area (Å²) >= 11 is 0. The van der Waals surface area contributed by atoms with E-state index < -0.39 is 0 Å². The van der Waals surface area contributed by atoms with Gasteiger partial charge in [0, 0.05) is 26.2 Å². The molecule has 1 saturated heterocycles. The van der Waals surface area contributed by atoms with Crippen LogP contribution in [0.1, 0.15) is 26.2 Å². The number of nitrogens with zero attached hydrogens (tertiary/aromatic N) is 1. The van der Waals surface area contributed by atoms with Crippen molar-refractivity contribution < 1.29 is 4.74 Å². The first kappa shape index (κ1) is 12.0. The molecule has 3 heteroatoms. The van der Waals surface area contributed by atoms with E-state index in [0.29, 0.717) is 6.10 Å². The van der Waals surface area contributed by atoms with E-state index in [2.05, 4.69) is 17.1 Å². The summed E-state index contributed by atoms with van der Waals surface area (Å²) in [6.07, 6.45) is 4.23. The van der Waals surface area contributed by atoms with Gasteiger partial charge in [-0.15, -0.1) is 0 Å². The first-order valence-corrected chi connectivity index (χ1v) is 5.85. The van der Waals surface area contributed by atoms with Crippen LogP contribution >= 0.6 is 0 Å². The molecule has 1 heterocycles. The molecule has 0 aromatic heterocycles. The quantitative estimate of drug-likeness (QED) is 0.666. The van der Waals surface area contributed by atoms with Gasteiger partial charge < -0.3 is 10.1 Å². The molecule has 1 N–H and O–H groups in total. The molecule has 1 fully saturated rings. The molecule has 1 aliphatic rings. The van der Waals surface area contributed by atoms with Gasteiger partial charge in [-0.2, -0.15) is 0 Å². The van der Waals surface area contributed by atoms with Gasteiger partial charge in [0.15, 0.2) is 0 Å². The summed E-state index contributed by atoms with van der Waals surface area (Å²) in [5.41, 5.74) is 0.